The maximum atomic E-state index is 11.8. The minimum Gasteiger partial charge on any atom is -0.376 e. The van der Waals surface area contributed by atoms with Crippen molar-refractivity contribution >= 4 is 18.3 Å². The van der Waals surface area contributed by atoms with Gasteiger partial charge in [0.05, 0.1) is 13.2 Å². The molecule has 0 aromatic heterocycles. The van der Waals surface area contributed by atoms with Gasteiger partial charge in [-0.3, -0.25) is 4.79 Å². The van der Waals surface area contributed by atoms with Crippen molar-refractivity contribution in [2.75, 3.05) is 13.2 Å². The Kier molecular flexibility index (Phi) is 7.34. The number of hydrogen-bond donors (Lipinski definition) is 2. The molecule has 1 saturated carbocycles. The zero-order valence-corrected chi connectivity index (χ0v) is 14.4. The van der Waals surface area contributed by atoms with Crippen LogP contribution in [-0.2, 0) is 29.1 Å². The lowest BCUT2D eigenvalue weighted by Gasteiger charge is -2.17. The van der Waals surface area contributed by atoms with Crippen LogP contribution in [0.1, 0.15) is 48.8 Å². The quantitative estimate of drug-likeness (QED) is 0.784. The number of fused-ring (bicyclic) bond motifs is 1. The summed E-state index contributed by atoms with van der Waals surface area (Å²) in [6, 6.07) is 7.01. The van der Waals surface area contributed by atoms with E-state index in [1.165, 1.54) is 29.5 Å². The van der Waals surface area contributed by atoms with Crippen LogP contribution in [0.5, 0.6) is 0 Å². The third kappa shape index (κ3) is 5.48. The lowest BCUT2D eigenvalue weighted by Crippen LogP contribution is -2.34. The van der Waals surface area contributed by atoms with Gasteiger partial charge in [0.25, 0.3) is 0 Å². The summed E-state index contributed by atoms with van der Waals surface area (Å²) in [5.41, 5.74) is 4.01. The van der Waals surface area contributed by atoms with E-state index in [2.05, 4.69) is 28.8 Å². The Labute approximate surface area is 144 Å². The molecule has 0 unspecified atom stereocenters. The number of carbonyl (C=O) groups excluding carboxylic acids is 1. The van der Waals surface area contributed by atoms with E-state index in [-0.39, 0.29) is 18.3 Å². The monoisotopic (exact) mass is 338 g/mol. The van der Waals surface area contributed by atoms with Crippen LogP contribution >= 0.6 is 12.4 Å². The number of halogens is 1. The Morgan fingerprint density at radius 3 is 2.87 bits per heavy atom. The maximum Gasteiger partial charge on any atom is 0.221 e. The van der Waals surface area contributed by atoms with Crippen molar-refractivity contribution in [3.8, 4) is 0 Å². The summed E-state index contributed by atoms with van der Waals surface area (Å²) in [6.07, 6.45) is 6.39. The molecule has 4 nitrogen and oxygen atoms in total. The second kappa shape index (κ2) is 9.26. The number of carbonyl (C=O) groups is 1. The summed E-state index contributed by atoms with van der Waals surface area (Å²) in [6.45, 7) is 3.12. The standard InChI is InChI=1S/C18H26N2O2.ClH/c21-18(20-17-3-1-2-4-17)7-9-19-12-14-5-6-16-13-22-10-8-15(16)11-14;/h5-6,11,17,19H,1-4,7-10,12-13H2,(H,20,21);1H. The predicted molar refractivity (Wildman–Crippen MR) is 93.8 cm³/mol. The summed E-state index contributed by atoms with van der Waals surface area (Å²) in [4.78, 5) is 11.8. The molecule has 1 amide bonds. The molecule has 5 heteroatoms. The van der Waals surface area contributed by atoms with Gasteiger partial charge in [0.1, 0.15) is 0 Å². The summed E-state index contributed by atoms with van der Waals surface area (Å²) < 4.78 is 5.46. The molecule has 3 rings (SSSR count). The highest BCUT2D eigenvalue weighted by Gasteiger charge is 2.16. The normalized spacial score (nSPS) is 17.4. The Hall–Kier alpha value is -1.10. The van der Waals surface area contributed by atoms with Gasteiger partial charge >= 0.3 is 0 Å². The van der Waals surface area contributed by atoms with Crippen molar-refractivity contribution in [1.82, 2.24) is 10.6 Å². The fourth-order valence-electron chi connectivity index (χ4n) is 3.33. The first-order valence-corrected chi connectivity index (χ1v) is 8.50. The smallest absolute Gasteiger partial charge is 0.221 e. The fraction of sp³-hybridized carbons (Fsp3) is 0.611. The minimum atomic E-state index is 0. The van der Waals surface area contributed by atoms with Gasteiger partial charge in [0.2, 0.25) is 5.91 Å². The van der Waals surface area contributed by atoms with Gasteiger partial charge in [-0.25, -0.2) is 0 Å². The van der Waals surface area contributed by atoms with E-state index >= 15 is 0 Å². The maximum absolute atomic E-state index is 11.8. The molecule has 0 spiro atoms. The van der Waals surface area contributed by atoms with Crippen molar-refractivity contribution in [3.05, 3.63) is 34.9 Å². The molecule has 1 fully saturated rings. The highest BCUT2D eigenvalue weighted by molar-refractivity contribution is 5.85. The molecule has 1 heterocycles. The van der Waals surface area contributed by atoms with Gasteiger partial charge in [-0.05, 0) is 36.0 Å². The predicted octanol–water partition coefficient (Wildman–Crippen LogP) is 2.72. The van der Waals surface area contributed by atoms with E-state index in [0.29, 0.717) is 12.5 Å². The third-order valence-corrected chi connectivity index (χ3v) is 4.62. The van der Waals surface area contributed by atoms with E-state index in [1.54, 1.807) is 0 Å². The molecule has 0 saturated heterocycles. The molecule has 128 valence electrons. The molecule has 0 radical (unpaired) electrons. The SMILES string of the molecule is Cl.O=C(CCNCc1ccc2c(c1)CCOC2)NC1CCCC1. The number of ether oxygens (including phenoxy) is 1. The van der Waals surface area contributed by atoms with Gasteiger partial charge < -0.3 is 15.4 Å². The van der Waals surface area contributed by atoms with Gasteiger partial charge in [-0.2, -0.15) is 0 Å². The first-order chi connectivity index (χ1) is 10.8. The van der Waals surface area contributed by atoms with Crippen LogP contribution in [-0.4, -0.2) is 25.1 Å². The van der Waals surface area contributed by atoms with Crippen LogP contribution in [0.15, 0.2) is 18.2 Å². The van der Waals surface area contributed by atoms with Crippen molar-refractivity contribution < 1.29 is 9.53 Å². The van der Waals surface area contributed by atoms with E-state index in [9.17, 15) is 4.79 Å². The molecule has 1 aromatic carbocycles. The molecule has 2 N–H and O–H groups in total. The lowest BCUT2D eigenvalue weighted by molar-refractivity contribution is -0.121. The second-order valence-corrected chi connectivity index (χ2v) is 6.38. The van der Waals surface area contributed by atoms with Crippen LogP contribution in [0.4, 0.5) is 0 Å². The van der Waals surface area contributed by atoms with Crippen LogP contribution in [0.2, 0.25) is 0 Å². The number of amides is 1. The molecule has 1 aliphatic heterocycles. The largest absolute Gasteiger partial charge is 0.376 e. The molecular weight excluding hydrogens is 312 g/mol. The molecule has 1 aliphatic carbocycles. The average Bonchev–Trinajstić information content (AvgIpc) is 3.04. The molecule has 23 heavy (non-hydrogen) atoms. The summed E-state index contributed by atoms with van der Waals surface area (Å²) in [7, 11) is 0. The number of rotatable bonds is 6. The Bertz CT molecular complexity index is 516. The Morgan fingerprint density at radius 2 is 2.04 bits per heavy atom. The van der Waals surface area contributed by atoms with Gasteiger partial charge in [-0.1, -0.05) is 31.0 Å². The van der Waals surface area contributed by atoms with E-state index in [4.69, 9.17) is 4.74 Å². The van der Waals surface area contributed by atoms with Crippen LogP contribution in [0.25, 0.3) is 0 Å². The molecule has 0 bridgehead atoms. The number of nitrogens with one attached hydrogen (secondary N) is 2. The highest BCUT2D eigenvalue weighted by atomic mass is 35.5. The Morgan fingerprint density at radius 1 is 1.22 bits per heavy atom. The van der Waals surface area contributed by atoms with Crippen molar-refractivity contribution in [3.63, 3.8) is 0 Å². The van der Waals surface area contributed by atoms with Gasteiger partial charge in [0, 0.05) is 25.6 Å². The molecule has 0 atom stereocenters. The average molecular weight is 339 g/mol. The lowest BCUT2D eigenvalue weighted by atomic mass is 10.0. The minimum absolute atomic E-state index is 0. The van der Waals surface area contributed by atoms with Crippen molar-refractivity contribution in [1.29, 1.82) is 0 Å². The van der Waals surface area contributed by atoms with Crippen LogP contribution < -0.4 is 10.6 Å². The zero-order chi connectivity index (χ0) is 15.2. The van der Waals surface area contributed by atoms with Crippen LogP contribution in [0.3, 0.4) is 0 Å². The first-order valence-electron chi connectivity index (χ1n) is 8.50. The number of hydrogen-bond acceptors (Lipinski definition) is 3. The van der Waals surface area contributed by atoms with Gasteiger partial charge in [-0.15, -0.1) is 12.4 Å². The zero-order valence-electron chi connectivity index (χ0n) is 13.6. The number of benzene rings is 1. The molecular formula is C18H27ClN2O2. The van der Waals surface area contributed by atoms with Crippen LogP contribution in [0, 0.1) is 0 Å². The van der Waals surface area contributed by atoms with Crippen molar-refractivity contribution in [2.24, 2.45) is 0 Å². The van der Waals surface area contributed by atoms with E-state index in [1.807, 2.05) is 0 Å². The summed E-state index contributed by atoms with van der Waals surface area (Å²) in [5.74, 6) is 0.182. The Balaban J connectivity index is 0.00000192. The second-order valence-electron chi connectivity index (χ2n) is 6.38. The molecule has 1 aromatic rings. The first kappa shape index (κ1) is 18.2. The van der Waals surface area contributed by atoms with Gasteiger partial charge in [0.15, 0.2) is 0 Å². The molecule has 2 aliphatic rings. The third-order valence-electron chi connectivity index (χ3n) is 4.62. The van der Waals surface area contributed by atoms with Crippen molar-refractivity contribution in [2.45, 2.75) is 57.7 Å². The topological polar surface area (TPSA) is 50.4 Å². The highest BCUT2D eigenvalue weighted by Crippen LogP contribution is 2.18. The summed E-state index contributed by atoms with van der Waals surface area (Å²) >= 11 is 0. The summed E-state index contributed by atoms with van der Waals surface area (Å²) in [5, 5.41) is 6.50. The fourth-order valence-corrected chi connectivity index (χ4v) is 3.33. The van der Waals surface area contributed by atoms with E-state index < -0.39 is 0 Å². The van der Waals surface area contributed by atoms with E-state index in [0.717, 1.165) is 45.6 Å².